The van der Waals surface area contributed by atoms with Crippen molar-refractivity contribution in [3.05, 3.63) is 70.9 Å². The quantitative estimate of drug-likeness (QED) is 0.446. The van der Waals surface area contributed by atoms with Crippen LogP contribution in [-0.2, 0) is 6.54 Å². The number of aromatic amines is 2. The monoisotopic (exact) mass is 415 g/mol. The molecule has 0 unspecified atom stereocenters. The Bertz CT molecular complexity index is 1240. The lowest BCUT2D eigenvalue weighted by Gasteiger charge is -2.21. The van der Waals surface area contributed by atoms with Gasteiger partial charge in [0.1, 0.15) is 0 Å². The van der Waals surface area contributed by atoms with E-state index in [1.807, 2.05) is 41.2 Å². The van der Waals surface area contributed by atoms with Gasteiger partial charge in [-0.3, -0.25) is 14.3 Å². The second-order valence-electron chi connectivity index (χ2n) is 8.31. The van der Waals surface area contributed by atoms with E-state index in [0.717, 1.165) is 17.4 Å². The summed E-state index contributed by atoms with van der Waals surface area (Å²) in [6, 6.07) is 11.3. The van der Waals surface area contributed by atoms with Gasteiger partial charge in [-0.2, -0.15) is 5.10 Å². The van der Waals surface area contributed by atoms with Crippen LogP contribution in [-0.4, -0.2) is 25.7 Å². The Balaban J connectivity index is 1.33. The Morgan fingerprint density at radius 3 is 2.84 bits per heavy atom. The molecule has 0 aliphatic heterocycles. The Morgan fingerprint density at radius 1 is 1.16 bits per heavy atom. The van der Waals surface area contributed by atoms with Crippen LogP contribution in [0.2, 0.25) is 0 Å². The van der Waals surface area contributed by atoms with Gasteiger partial charge in [0.05, 0.1) is 28.7 Å². The smallest absolute Gasteiger partial charge is 0.257 e. The molecule has 7 nitrogen and oxygen atoms in total. The van der Waals surface area contributed by atoms with E-state index in [2.05, 4.69) is 20.4 Å². The molecule has 0 saturated heterocycles. The van der Waals surface area contributed by atoms with Gasteiger partial charge >= 0.3 is 0 Å². The van der Waals surface area contributed by atoms with E-state index >= 15 is 0 Å². The molecule has 0 radical (unpaired) electrons. The predicted molar refractivity (Wildman–Crippen MR) is 121 cm³/mol. The summed E-state index contributed by atoms with van der Waals surface area (Å²) >= 11 is 0. The molecule has 3 N–H and O–H groups in total. The minimum absolute atomic E-state index is 0.247. The topological polar surface area (TPSA) is 95.6 Å². The van der Waals surface area contributed by atoms with Gasteiger partial charge in [-0.25, -0.2) is 0 Å². The molecule has 3 aromatic heterocycles. The number of H-pyrrole nitrogens is 2. The third-order valence-electron chi connectivity index (χ3n) is 6.05. The van der Waals surface area contributed by atoms with Crippen LogP contribution in [0, 0.1) is 5.92 Å². The van der Waals surface area contributed by atoms with Crippen LogP contribution in [0.25, 0.3) is 22.2 Å². The minimum atomic E-state index is -0.286. The molecule has 1 aliphatic rings. The van der Waals surface area contributed by atoms with Crippen molar-refractivity contribution < 1.29 is 4.79 Å². The number of hydrogen-bond donors (Lipinski definition) is 3. The molecular weight excluding hydrogens is 390 g/mol. The molecule has 3 heterocycles. The van der Waals surface area contributed by atoms with Crippen molar-refractivity contribution in [1.29, 1.82) is 0 Å². The lowest BCUT2D eigenvalue weighted by atomic mass is 9.89. The van der Waals surface area contributed by atoms with Crippen LogP contribution in [0.3, 0.4) is 0 Å². The number of amides is 1. The van der Waals surface area contributed by atoms with Gasteiger partial charge in [-0.1, -0.05) is 37.5 Å². The van der Waals surface area contributed by atoms with E-state index in [1.165, 1.54) is 38.3 Å². The Hall–Kier alpha value is -3.61. The third kappa shape index (κ3) is 4.17. The molecular formula is C24H25N5O2. The van der Waals surface area contributed by atoms with Gasteiger partial charge in [0, 0.05) is 29.8 Å². The van der Waals surface area contributed by atoms with E-state index in [1.54, 1.807) is 12.3 Å². The first-order valence-electron chi connectivity index (χ1n) is 10.8. The lowest BCUT2D eigenvalue weighted by molar-refractivity contribution is 0.102. The summed E-state index contributed by atoms with van der Waals surface area (Å²) in [5.41, 5.74) is 2.84. The molecule has 1 saturated carbocycles. The Labute approximate surface area is 179 Å². The van der Waals surface area contributed by atoms with Gasteiger partial charge in [0.25, 0.3) is 11.5 Å². The number of nitrogens with one attached hydrogen (secondary N) is 3. The largest absolute Gasteiger partial charge is 0.354 e. The Kier molecular flexibility index (Phi) is 5.16. The first-order chi connectivity index (χ1) is 15.2. The molecule has 1 aromatic carbocycles. The molecule has 0 bridgehead atoms. The van der Waals surface area contributed by atoms with Gasteiger partial charge in [-0.15, -0.1) is 0 Å². The van der Waals surface area contributed by atoms with Crippen LogP contribution in [0.5, 0.6) is 0 Å². The second-order valence-corrected chi connectivity index (χ2v) is 8.31. The average Bonchev–Trinajstić information content (AvgIpc) is 3.41. The summed E-state index contributed by atoms with van der Waals surface area (Å²) in [4.78, 5) is 31.1. The number of pyridine rings is 1. The summed E-state index contributed by atoms with van der Waals surface area (Å²) in [5.74, 6) is 0.376. The van der Waals surface area contributed by atoms with E-state index in [9.17, 15) is 9.59 Å². The number of carbonyl (C=O) groups excluding carboxylic acids is 1. The summed E-state index contributed by atoms with van der Waals surface area (Å²) in [6.07, 6.45) is 11.4. The Morgan fingerprint density at radius 2 is 2.00 bits per heavy atom. The molecule has 4 aromatic rings. The van der Waals surface area contributed by atoms with Crippen molar-refractivity contribution in [2.75, 3.05) is 5.32 Å². The van der Waals surface area contributed by atoms with E-state index < -0.39 is 0 Å². The number of hydrogen-bond acceptors (Lipinski definition) is 3. The zero-order valence-corrected chi connectivity index (χ0v) is 17.2. The molecule has 1 amide bonds. The number of fused-ring (bicyclic) bond motifs is 1. The maximum absolute atomic E-state index is 12.8. The van der Waals surface area contributed by atoms with Crippen LogP contribution in [0.15, 0.2) is 59.8 Å². The molecule has 5 rings (SSSR count). The number of para-hydroxylation sites is 1. The molecule has 1 aliphatic carbocycles. The zero-order chi connectivity index (χ0) is 21.2. The minimum Gasteiger partial charge on any atom is -0.354 e. The maximum Gasteiger partial charge on any atom is 0.257 e. The first-order valence-corrected chi connectivity index (χ1v) is 10.8. The van der Waals surface area contributed by atoms with Crippen molar-refractivity contribution in [3.8, 4) is 11.3 Å². The molecule has 1 fully saturated rings. The molecule has 0 spiro atoms. The highest BCUT2D eigenvalue weighted by atomic mass is 16.2. The van der Waals surface area contributed by atoms with Crippen molar-refractivity contribution in [3.63, 3.8) is 0 Å². The van der Waals surface area contributed by atoms with Crippen LogP contribution < -0.4 is 10.9 Å². The normalized spacial score (nSPS) is 14.7. The fourth-order valence-electron chi connectivity index (χ4n) is 4.40. The fraction of sp³-hybridized carbons (Fsp3) is 0.292. The van der Waals surface area contributed by atoms with E-state index in [4.69, 9.17) is 0 Å². The van der Waals surface area contributed by atoms with E-state index in [0.29, 0.717) is 28.4 Å². The van der Waals surface area contributed by atoms with Gasteiger partial charge in [0.15, 0.2) is 0 Å². The first kappa shape index (κ1) is 19.4. The van der Waals surface area contributed by atoms with Crippen LogP contribution in [0.1, 0.15) is 42.5 Å². The van der Waals surface area contributed by atoms with Crippen molar-refractivity contribution in [2.45, 2.75) is 38.6 Å². The van der Waals surface area contributed by atoms with Crippen LogP contribution >= 0.6 is 0 Å². The number of carbonyl (C=O) groups is 1. The predicted octanol–water partition coefficient (Wildman–Crippen LogP) is 4.55. The summed E-state index contributed by atoms with van der Waals surface area (Å²) in [6.45, 7) is 0.888. The summed E-state index contributed by atoms with van der Waals surface area (Å²) in [7, 11) is 0. The molecule has 158 valence electrons. The summed E-state index contributed by atoms with van der Waals surface area (Å²) < 4.78 is 1.91. The number of aromatic nitrogens is 4. The van der Waals surface area contributed by atoms with Gasteiger partial charge in [0.2, 0.25) is 0 Å². The van der Waals surface area contributed by atoms with E-state index in [-0.39, 0.29) is 11.5 Å². The van der Waals surface area contributed by atoms with Gasteiger partial charge in [-0.05, 0) is 37.0 Å². The van der Waals surface area contributed by atoms with Crippen molar-refractivity contribution in [1.82, 2.24) is 19.7 Å². The molecule has 31 heavy (non-hydrogen) atoms. The fourth-order valence-corrected chi connectivity index (χ4v) is 4.40. The standard InChI is InChI=1S/C24H25N5O2/c30-23(27-19-13-26-29(15-19)14-16-6-2-1-3-7-16)18-10-20(24(31)25-12-18)22-11-17-8-4-5-9-21(17)28-22/h4-5,8-13,15-16,28H,1-3,6-7,14H2,(H,25,31)(H,27,30). The highest BCUT2D eigenvalue weighted by Gasteiger charge is 2.16. The lowest BCUT2D eigenvalue weighted by Crippen LogP contribution is -2.16. The highest BCUT2D eigenvalue weighted by molar-refractivity contribution is 6.04. The summed E-state index contributed by atoms with van der Waals surface area (Å²) in [5, 5.41) is 8.30. The van der Waals surface area contributed by atoms with Crippen molar-refractivity contribution in [2.24, 2.45) is 5.92 Å². The number of benzene rings is 1. The molecule has 0 atom stereocenters. The maximum atomic E-state index is 12.8. The number of nitrogens with zero attached hydrogens (tertiary/aromatic N) is 2. The van der Waals surface area contributed by atoms with Crippen molar-refractivity contribution >= 4 is 22.5 Å². The highest BCUT2D eigenvalue weighted by Crippen LogP contribution is 2.25. The second kappa shape index (κ2) is 8.26. The van der Waals surface area contributed by atoms with Gasteiger partial charge < -0.3 is 15.3 Å². The number of rotatable bonds is 5. The SMILES string of the molecule is O=C(Nc1cnn(CC2CCCCC2)c1)c1c[nH]c(=O)c(-c2cc3ccccc3[nH]2)c1. The van der Waals surface area contributed by atoms with Crippen LogP contribution in [0.4, 0.5) is 5.69 Å². The number of anilines is 1. The third-order valence-corrected chi connectivity index (χ3v) is 6.05. The zero-order valence-electron chi connectivity index (χ0n) is 17.2. The average molecular weight is 415 g/mol. The molecule has 7 heteroatoms.